The molecule has 1 heterocycles. The lowest BCUT2D eigenvalue weighted by Gasteiger charge is -2.32. The molecule has 0 spiro atoms. The highest BCUT2D eigenvalue weighted by atomic mass is 16.5. The second-order valence-electron chi connectivity index (χ2n) is 5.32. The molecule has 0 aromatic heterocycles. The number of methoxy groups -OCH3 is 1. The van der Waals surface area contributed by atoms with E-state index in [1.165, 1.54) is 7.11 Å². The Kier molecular flexibility index (Phi) is 4.96. The minimum absolute atomic E-state index is 0.0173. The molecule has 1 aliphatic heterocycles. The summed E-state index contributed by atoms with van der Waals surface area (Å²) >= 11 is 0. The molecule has 0 saturated carbocycles. The minimum atomic E-state index is -0.319. The van der Waals surface area contributed by atoms with Crippen molar-refractivity contribution < 1.29 is 19.1 Å². The molecule has 0 bridgehead atoms. The number of nitrogens with zero attached hydrogens (tertiary/aromatic N) is 1. The van der Waals surface area contributed by atoms with Gasteiger partial charge in [0.05, 0.1) is 26.2 Å². The average Bonchev–Trinajstić information content (AvgIpc) is 2.49. The number of ether oxygens (including phenoxy) is 2. The Balaban J connectivity index is 2.04. The van der Waals surface area contributed by atoms with Gasteiger partial charge in [-0.1, -0.05) is 6.07 Å². The van der Waals surface area contributed by atoms with Gasteiger partial charge in [0.1, 0.15) is 0 Å². The first-order chi connectivity index (χ1) is 10.0. The van der Waals surface area contributed by atoms with E-state index in [2.05, 4.69) is 4.74 Å². The molecule has 5 nitrogen and oxygen atoms in total. The number of morpholine rings is 1. The van der Waals surface area contributed by atoms with E-state index in [-0.39, 0.29) is 24.4 Å². The molecule has 5 heteroatoms. The Morgan fingerprint density at radius 1 is 1.33 bits per heavy atom. The lowest BCUT2D eigenvalue weighted by molar-refractivity contribution is -0.145. The van der Waals surface area contributed by atoms with E-state index < -0.39 is 0 Å². The van der Waals surface area contributed by atoms with Crippen molar-refractivity contribution in [2.24, 2.45) is 0 Å². The number of hydrogen-bond acceptors (Lipinski definition) is 4. The number of carbonyl (C=O) groups excluding carboxylic acids is 2. The number of amides is 1. The van der Waals surface area contributed by atoms with Crippen LogP contribution in [0.1, 0.15) is 27.9 Å². The largest absolute Gasteiger partial charge is 0.469 e. The summed E-state index contributed by atoms with van der Waals surface area (Å²) in [4.78, 5) is 25.6. The average molecular weight is 291 g/mol. The summed E-state index contributed by atoms with van der Waals surface area (Å²) in [7, 11) is 1.35. The van der Waals surface area contributed by atoms with Gasteiger partial charge >= 0.3 is 5.97 Å². The van der Waals surface area contributed by atoms with E-state index in [0.29, 0.717) is 25.3 Å². The molecule has 1 aromatic rings. The normalized spacial score (nSPS) is 18.4. The van der Waals surface area contributed by atoms with Crippen molar-refractivity contribution in [2.45, 2.75) is 26.4 Å². The van der Waals surface area contributed by atoms with E-state index in [9.17, 15) is 9.59 Å². The fourth-order valence-electron chi connectivity index (χ4n) is 2.35. The maximum atomic E-state index is 12.5. The van der Waals surface area contributed by atoms with Gasteiger partial charge in [-0.15, -0.1) is 0 Å². The fourth-order valence-corrected chi connectivity index (χ4v) is 2.35. The predicted molar refractivity (Wildman–Crippen MR) is 78.2 cm³/mol. The zero-order valence-electron chi connectivity index (χ0n) is 12.7. The lowest BCUT2D eigenvalue weighted by Crippen LogP contribution is -2.46. The third-order valence-electron chi connectivity index (χ3n) is 3.80. The van der Waals surface area contributed by atoms with E-state index in [1.54, 1.807) is 4.90 Å². The Bertz CT molecular complexity index is 541. The van der Waals surface area contributed by atoms with Crippen LogP contribution in [0.3, 0.4) is 0 Å². The molecule has 1 unspecified atom stereocenters. The molecule has 21 heavy (non-hydrogen) atoms. The Morgan fingerprint density at radius 3 is 2.76 bits per heavy atom. The summed E-state index contributed by atoms with van der Waals surface area (Å²) in [6.07, 6.45) is -0.116. The van der Waals surface area contributed by atoms with Crippen molar-refractivity contribution >= 4 is 11.9 Å². The van der Waals surface area contributed by atoms with Gasteiger partial charge in [-0.2, -0.15) is 0 Å². The van der Waals surface area contributed by atoms with Crippen LogP contribution in [0.15, 0.2) is 18.2 Å². The van der Waals surface area contributed by atoms with Gasteiger partial charge in [0.2, 0.25) is 0 Å². The third-order valence-corrected chi connectivity index (χ3v) is 3.80. The van der Waals surface area contributed by atoms with Crippen molar-refractivity contribution in [3.63, 3.8) is 0 Å². The van der Waals surface area contributed by atoms with E-state index in [0.717, 1.165) is 11.1 Å². The number of hydrogen-bond donors (Lipinski definition) is 0. The van der Waals surface area contributed by atoms with Gasteiger partial charge in [-0.25, -0.2) is 0 Å². The van der Waals surface area contributed by atoms with Gasteiger partial charge in [-0.05, 0) is 37.1 Å². The Morgan fingerprint density at radius 2 is 2.10 bits per heavy atom. The van der Waals surface area contributed by atoms with Crippen molar-refractivity contribution in [3.05, 3.63) is 34.9 Å². The highest BCUT2D eigenvalue weighted by molar-refractivity contribution is 5.94. The molecule has 0 aliphatic carbocycles. The van der Waals surface area contributed by atoms with Gasteiger partial charge in [-0.3, -0.25) is 9.59 Å². The van der Waals surface area contributed by atoms with Gasteiger partial charge in [0.25, 0.3) is 5.91 Å². The summed E-state index contributed by atoms with van der Waals surface area (Å²) in [6, 6.07) is 5.70. The van der Waals surface area contributed by atoms with Gasteiger partial charge in [0.15, 0.2) is 0 Å². The number of esters is 1. The van der Waals surface area contributed by atoms with Crippen molar-refractivity contribution in [1.29, 1.82) is 0 Å². The molecule has 1 aromatic carbocycles. The molecule has 1 aliphatic rings. The summed E-state index contributed by atoms with van der Waals surface area (Å²) in [5.41, 5.74) is 2.94. The Labute approximate surface area is 124 Å². The van der Waals surface area contributed by atoms with Crippen LogP contribution in [-0.4, -0.2) is 49.7 Å². The second kappa shape index (κ2) is 6.72. The molecular formula is C16H21NO4. The van der Waals surface area contributed by atoms with E-state index >= 15 is 0 Å². The topological polar surface area (TPSA) is 55.8 Å². The maximum Gasteiger partial charge on any atom is 0.308 e. The number of rotatable bonds is 3. The van der Waals surface area contributed by atoms with Crippen molar-refractivity contribution in [2.75, 3.05) is 26.8 Å². The molecule has 1 saturated heterocycles. The smallest absolute Gasteiger partial charge is 0.308 e. The van der Waals surface area contributed by atoms with Crippen LogP contribution in [-0.2, 0) is 14.3 Å². The van der Waals surface area contributed by atoms with Crippen LogP contribution in [0.4, 0.5) is 0 Å². The Hall–Kier alpha value is -1.88. The van der Waals surface area contributed by atoms with Crippen LogP contribution >= 0.6 is 0 Å². The third kappa shape index (κ3) is 3.82. The zero-order chi connectivity index (χ0) is 15.4. The number of aryl methyl sites for hydroxylation is 2. The van der Waals surface area contributed by atoms with Crippen LogP contribution in [0, 0.1) is 13.8 Å². The molecule has 1 amide bonds. The number of benzene rings is 1. The summed E-state index contributed by atoms with van der Waals surface area (Å²) in [5.74, 6) is -0.336. The van der Waals surface area contributed by atoms with Gasteiger partial charge < -0.3 is 14.4 Å². The predicted octanol–water partition coefficient (Wildman–Crippen LogP) is 1.71. The highest BCUT2D eigenvalue weighted by Crippen LogP contribution is 2.15. The molecule has 2 rings (SSSR count). The molecule has 1 fully saturated rings. The fraction of sp³-hybridized carbons (Fsp3) is 0.500. The molecular weight excluding hydrogens is 270 g/mol. The molecule has 0 N–H and O–H groups in total. The molecule has 114 valence electrons. The molecule has 1 atom stereocenters. The van der Waals surface area contributed by atoms with E-state index in [1.807, 2.05) is 32.0 Å². The summed E-state index contributed by atoms with van der Waals surface area (Å²) in [5, 5.41) is 0. The quantitative estimate of drug-likeness (QED) is 0.796. The summed E-state index contributed by atoms with van der Waals surface area (Å²) < 4.78 is 10.2. The first-order valence-electron chi connectivity index (χ1n) is 7.06. The van der Waals surface area contributed by atoms with Crippen molar-refractivity contribution in [3.8, 4) is 0 Å². The standard InChI is InChI=1S/C16H21NO4/c1-11-4-5-13(8-12(11)2)16(19)17-6-7-21-14(10-17)9-15(18)20-3/h4-5,8,14H,6-7,9-10H2,1-3H3. The zero-order valence-corrected chi connectivity index (χ0v) is 12.7. The maximum absolute atomic E-state index is 12.5. The first-order valence-corrected chi connectivity index (χ1v) is 7.06. The summed E-state index contributed by atoms with van der Waals surface area (Å²) in [6.45, 7) is 5.42. The van der Waals surface area contributed by atoms with Crippen LogP contribution in [0.2, 0.25) is 0 Å². The van der Waals surface area contributed by atoms with Crippen LogP contribution in [0.5, 0.6) is 0 Å². The monoisotopic (exact) mass is 291 g/mol. The minimum Gasteiger partial charge on any atom is -0.469 e. The van der Waals surface area contributed by atoms with Crippen molar-refractivity contribution in [1.82, 2.24) is 4.90 Å². The lowest BCUT2D eigenvalue weighted by atomic mass is 10.0. The highest BCUT2D eigenvalue weighted by Gasteiger charge is 2.27. The van der Waals surface area contributed by atoms with Crippen LogP contribution in [0.25, 0.3) is 0 Å². The van der Waals surface area contributed by atoms with E-state index in [4.69, 9.17) is 4.74 Å². The SMILES string of the molecule is COC(=O)CC1CN(C(=O)c2ccc(C)c(C)c2)CCO1. The second-order valence-corrected chi connectivity index (χ2v) is 5.32. The molecule has 0 radical (unpaired) electrons. The van der Waals surface area contributed by atoms with Crippen LogP contribution < -0.4 is 0 Å². The first kappa shape index (κ1) is 15.5. The van der Waals surface area contributed by atoms with Gasteiger partial charge in [0, 0.05) is 18.7 Å². The number of carbonyl (C=O) groups is 2.